The number of halogens is 2. The zero-order valence-corrected chi connectivity index (χ0v) is 18.4. The lowest BCUT2D eigenvalue weighted by atomic mass is 9.79. The van der Waals surface area contributed by atoms with Crippen LogP contribution in [0.25, 0.3) is 0 Å². The summed E-state index contributed by atoms with van der Waals surface area (Å²) in [5.74, 6) is -3.05. The minimum absolute atomic E-state index is 0.117. The fraction of sp³-hybridized carbons (Fsp3) is 0.654. The highest BCUT2D eigenvalue weighted by Crippen LogP contribution is 2.40. The number of rotatable bonds is 7. The second-order valence-corrected chi connectivity index (χ2v) is 9.18. The fourth-order valence-corrected chi connectivity index (χ4v) is 4.98. The summed E-state index contributed by atoms with van der Waals surface area (Å²) in [6, 6.07) is 8.83. The summed E-state index contributed by atoms with van der Waals surface area (Å²) in [6.45, 7) is 4.01. The molecule has 2 atom stereocenters. The van der Waals surface area contributed by atoms with E-state index in [1.165, 1.54) is 11.1 Å². The second-order valence-electron chi connectivity index (χ2n) is 9.18. The molecule has 0 bridgehead atoms. The predicted octanol–water partition coefficient (Wildman–Crippen LogP) is 6.91. The standard InChI is InChI=1S/C26H36F2O2/c1-3-5-22-14-17-24(26(27,28)18-22)30-25(29)23-15-12-21(13-16-23)11-10-20-8-6-19(4-2)7-9-20/h3,5-9,21-24H,4,10-18H2,1-2H3/b5-3+. The van der Waals surface area contributed by atoms with Crippen LogP contribution in [0.4, 0.5) is 8.78 Å². The second kappa shape index (κ2) is 10.5. The number of ether oxygens (including phenoxy) is 1. The van der Waals surface area contributed by atoms with Crippen LogP contribution in [0, 0.1) is 17.8 Å². The lowest BCUT2D eigenvalue weighted by Gasteiger charge is -2.36. The molecule has 3 rings (SSSR count). The lowest BCUT2D eigenvalue weighted by molar-refractivity contribution is -0.190. The number of alkyl halides is 2. The van der Waals surface area contributed by atoms with Crippen LogP contribution in [0.3, 0.4) is 0 Å². The normalized spacial score (nSPS) is 29.1. The molecule has 0 heterocycles. The van der Waals surface area contributed by atoms with Gasteiger partial charge in [0, 0.05) is 6.42 Å². The number of aryl methyl sites for hydroxylation is 2. The molecule has 2 aliphatic rings. The number of benzene rings is 1. The first-order valence-electron chi connectivity index (χ1n) is 11.7. The largest absolute Gasteiger partial charge is 0.456 e. The number of hydrogen-bond acceptors (Lipinski definition) is 2. The van der Waals surface area contributed by atoms with Crippen molar-refractivity contribution in [1.29, 1.82) is 0 Å². The molecule has 2 unspecified atom stereocenters. The van der Waals surface area contributed by atoms with Gasteiger partial charge in [-0.2, -0.15) is 0 Å². The highest BCUT2D eigenvalue weighted by atomic mass is 19.3. The van der Waals surface area contributed by atoms with Crippen LogP contribution in [0.5, 0.6) is 0 Å². The Morgan fingerprint density at radius 2 is 1.73 bits per heavy atom. The van der Waals surface area contributed by atoms with Crippen LogP contribution in [0.2, 0.25) is 0 Å². The van der Waals surface area contributed by atoms with Gasteiger partial charge in [0.05, 0.1) is 5.92 Å². The van der Waals surface area contributed by atoms with E-state index >= 15 is 0 Å². The van der Waals surface area contributed by atoms with Gasteiger partial charge in [-0.3, -0.25) is 4.79 Å². The van der Waals surface area contributed by atoms with Crippen LogP contribution < -0.4 is 0 Å². The van der Waals surface area contributed by atoms with Gasteiger partial charge in [-0.15, -0.1) is 0 Å². The average Bonchev–Trinajstić information content (AvgIpc) is 2.74. The van der Waals surface area contributed by atoms with Crippen molar-refractivity contribution in [2.24, 2.45) is 17.8 Å². The lowest BCUT2D eigenvalue weighted by Crippen LogP contribution is -2.43. The Hall–Kier alpha value is -1.71. The third kappa shape index (κ3) is 6.15. The zero-order chi connectivity index (χ0) is 21.6. The first kappa shape index (κ1) is 23.0. The molecule has 2 nitrogen and oxygen atoms in total. The topological polar surface area (TPSA) is 26.3 Å². The maximum atomic E-state index is 14.4. The number of allylic oxidation sites excluding steroid dienone is 2. The van der Waals surface area contributed by atoms with Crippen LogP contribution in [0.1, 0.15) is 76.3 Å². The summed E-state index contributed by atoms with van der Waals surface area (Å²) in [5.41, 5.74) is 2.73. The van der Waals surface area contributed by atoms with Crippen LogP contribution >= 0.6 is 0 Å². The molecule has 2 saturated carbocycles. The maximum Gasteiger partial charge on any atom is 0.309 e. The van der Waals surface area contributed by atoms with Crippen LogP contribution in [0.15, 0.2) is 36.4 Å². The number of hydrogen-bond donors (Lipinski definition) is 0. The highest BCUT2D eigenvalue weighted by molar-refractivity contribution is 5.72. The highest BCUT2D eigenvalue weighted by Gasteiger charge is 2.47. The molecule has 1 aromatic carbocycles. The van der Waals surface area contributed by atoms with Gasteiger partial charge in [0.2, 0.25) is 0 Å². The van der Waals surface area contributed by atoms with E-state index in [9.17, 15) is 13.6 Å². The minimum atomic E-state index is -2.93. The Morgan fingerprint density at radius 3 is 2.33 bits per heavy atom. The van der Waals surface area contributed by atoms with Gasteiger partial charge >= 0.3 is 5.97 Å². The van der Waals surface area contributed by atoms with E-state index in [0.29, 0.717) is 12.3 Å². The molecule has 0 spiro atoms. The summed E-state index contributed by atoms with van der Waals surface area (Å²) in [7, 11) is 0. The molecule has 4 heteroatoms. The van der Waals surface area contributed by atoms with E-state index in [1.807, 2.05) is 19.1 Å². The summed E-state index contributed by atoms with van der Waals surface area (Å²) in [4.78, 5) is 12.5. The molecule has 1 aromatic rings. The molecule has 30 heavy (non-hydrogen) atoms. The molecule has 0 amide bonds. The third-order valence-corrected chi connectivity index (χ3v) is 6.98. The summed E-state index contributed by atoms with van der Waals surface area (Å²) in [5, 5.41) is 0. The van der Waals surface area contributed by atoms with Gasteiger partial charge in [0.1, 0.15) is 0 Å². The average molecular weight is 419 g/mol. The van der Waals surface area contributed by atoms with Crippen molar-refractivity contribution in [3.63, 3.8) is 0 Å². The van der Waals surface area contributed by atoms with Crippen molar-refractivity contribution >= 4 is 5.97 Å². The molecular weight excluding hydrogens is 382 g/mol. The molecule has 166 valence electrons. The molecule has 0 saturated heterocycles. The summed E-state index contributed by atoms with van der Waals surface area (Å²) >= 11 is 0. The molecule has 2 aliphatic carbocycles. The van der Waals surface area contributed by atoms with E-state index in [0.717, 1.165) is 44.9 Å². The monoisotopic (exact) mass is 418 g/mol. The Labute approximate surface area is 180 Å². The summed E-state index contributed by atoms with van der Waals surface area (Å²) in [6.07, 6.45) is 9.83. The minimum Gasteiger partial charge on any atom is -0.456 e. The van der Waals surface area contributed by atoms with E-state index in [1.54, 1.807) is 0 Å². The third-order valence-electron chi connectivity index (χ3n) is 6.98. The Bertz CT molecular complexity index is 702. The van der Waals surface area contributed by atoms with Gasteiger partial charge in [-0.05, 0) is 87.7 Å². The van der Waals surface area contributed by atoms with Gasteiger partial charge in [0.25, 0.3) is 5.92 Å². The van der Waals surface area contributed by atoms with Gasteiger partial charge in [-0.25, -0.2) is 8.78 Å². The van der Waals surface area contributed by atoms with Gasteiger partial charge < -0.3 is 4.74 Å². The molecule has 0 radical (unpaired) electrons. The number of carbonyl (C=O) groups excluding carboxylic acids is 1. The van der Waals surface area contributed by atoms with Crippen molar-refractivity contribution in [3.05, 3.63) is 47.5 Å². The Morgan fingerprint density at radius 1 is 1.07 bits per heavy atom. The van der Waals surface area contributed by atoms with Crippen molar-refractivity contribution in [3.8, 4) is 0 Å². The molecule has 0 N–H and O–H groups in total. The molecule has 0 aromatic heterocycles. The Kier molecular flexibility index (Phi) is 8.07. The predicted molar refractivity (Wildman–Crippen MR) is 117 cm³/mol. The first-order chi connectivity index (χ1) is 14.4. The van der Waals surface area contributed by atoms with Gasteiger partial charge in [0.15, 0.2) is 6.10 Å². The Balaban J connectivity index is 1.41. The van der Waals surface area contributed by atoms with E-state index in [2.05, 4.69) is 31.2 Å². The molecule has 2 fully saturated rings. The quantitative estimate of drug-likeness (QED) is 0.355. The van der Waals surface area contributed by atoms with Crippen LogP contribution in [-0.2, 0) is 22.4 Å². The smallest absolute Gasteiger partial charge is 0.309 e. The van der Waals surface area contributed by atoms with Crippen molar-refractivity contribution in [2.75, 3.05) is 0 Å². The number of carbonyl (C=O) groups is 1. The molecule has 0 aliphatic heterocycles. The molecular formula is C26H36F2O2. The van der Waals surface area contributed by atoms with E-state index < -0.39 is 18.0 Å². The van der Waals surface area contributed by atoms with Crippen LogP contribution in [-0.4, -0.2) is 18.0 Å². The van der Waals surface area contributed by atoms with Crippen molar-refractivity contribution in [1.82, 2.24) is 0 Å². The number of esters is 1. The van der Waals surface area contributed by atoms with E-state index in [4.69, 9.17) is 4.74 Å². The first-order valence-corrected chi connectivity index (χ1v) is 11.7. The van der Waals surface area contributed by atoms with E-state index in [-0.39, 0.29) is 24.7 Å². The maximum absolute atomic E-state index is 14.4. The van der Waals surface area contributed by atoms with Crippen molar-refractivity contribution < 1.29 is 18.3 Å². The SMILES string of the molecule is C/C=C/C1CCC(OC(=O)C2CCC(CCc3ccc(CC)cc3)CC2)C(F)(F)C1. The van der Waals surface area contributed by atoms with Gasteiger partial charge in [-0.1, -0.05) is 43.3 Å². The fourth-order valence-electron chi connectivity index (χ4n) is 4.98. The summed E-state index contributed by atoms with van der Waals surface area (Å²) < 4.78 is 34.2. The van der Waals surface area contributed by atoms with Crippen molar-refractivity contribution in [2.45, 2.75) is 90.1 Å². The zero-order valence-electron chi connectivity index (χ0n) is 18.4.